The van der Waals surface area contributed by atoms with Crippen molar-refractivity contribution < 1.29 is 9.90 Å². The average molecular weight is 227 g/mol. The predicted molar refractivity (Wildman–Crippen MR) is 65.5 cm³/mol. The molecule has 1 aliphatic rings. The minimum Gasteiger partial charge on any atom is -0.481 e. The van der Waals surface area contributed by atoms with E-state index in [0.29, 0.717) is 12.5 Å². The summed E-state index contributed by atoms with van der Waals surface area (Å²) < 4.78 is 0. The van der Waals surface area contributed by atoms with Gasteiger partial charge in [0, 0.05) is 12.5 Å². The van der Waals surface area contributed by atoms with Crippen LogP contribution in [0, 0.1) is 5.92 Å². The summed E-state index contributed by atoms with van der Waals surface area (Å²) >= 11 is 0. The van der Waals surface area contributed by atoms with Gasteiger partial charge >= 0.3 is 5.97 Å². The summed E-state index contributed by atoms with van der Waals surface area (Å²) in [5.74, 6) is 0.161. The molecule has 0 amide bonds. The van der Waals surface area contributed by atoms with Crippen LogP contribution in [-0.4, -0.2) is 23.7 Å². The molecule has 3 heteroatoms. The van der Waals surface area contributed by atoms with E-state index in [1.165, 1.54) is 32.1 Å². The highest BCUT2D eigenvalue weighted by atomic mass is 16.4. The lowest BCUT2D eigenvalue weighted by Gasteiger charge is -2.28. The molecule has 0 heterocycles. The summed E-state index contributed by atoms with van der Waals surface area (Å²) in [4.78, 5) is 10.3. The van der Waals surface area contributed by atoms with Gasteiger partial charge in [0.2, 0.25) is 0 Å². The van der Waals surface area contributed by atoms with Crippen molar-refractivity contribution >= 4 is 5.97 Å². The fourth-order valence-electron chi connectivity index (χ4n) is 2.53. The molecule has 0 aromatic rings. The van der Waals surface area contributed by atoms with Crippen LogP contribution in [0.15, 0.2) is 0 Å². The highest BCUT2D eigenvalue weighted by molar-refractivity contribution is 5.66. The topological polar surface area (TPSA) is 49.3 Å². The summed E-state index contributed by atoms with van der Waals surface area (Å²) in [6.07, 6.45) is 8.97. The molecule has 0 radical (unpaired) electrons. The SMILES string of the molecule is C[C@H](NCCCCC(=O)O)C1CCCCC1. The Labute approximate surface area is 98.6 Å². The number of carboxylic acid groups (broad SMARTS) is 1. The Hall–Kier alpha value is -0.570. The first-order chi connectivity index (χ1) is 7.70. The second kappa shape index (κ2) is 7.66. The molecule has 0 aromatic carbocycles. The van der Waals surface area contributed by atoms with Crippen molar-refractivity contribution in [2.24, 2.45) is 5.92 Å². The third-order valence-electron chi connectivity index (χ3n) is 3.64. The lowest BCUT2D eigenvalue weighted by atomic mass is 9.84. The first-order valence-corrected chi connectivity index (χ1v) is 6.65. The standard InChI is InChI=1S/C13H25NO2/c1-11(12-7-3-2-4-8-12)14-10-6-5-9-13(15)16/h11-12,14H,2-10H2,1H3,(H,15,16)/t11-/m0/s1. The number of carbonyl (C=O) groups is 1. The van der Waals surface area contributed by atoms with Crippen molar-refractivity contribution in [1.82, 2.24) is 5.32 Å². The number of unbranched alkanes of at least 4 members (excludes halogenated alkanes) is 1. The molecular weight excluding hydrogens is 202 g/mol. The number of aliphatic carboxylic acids is 1. The Morgan fingerprint density at radius 2 is 2.00 bits per heavy atom. The summed E-state index contributed by atoms with van der Waals surface area (Å²) in [7, 11) is 0. The van der Waals surface area contributed by atoms with Crippen LogP contribution in [0.3, 0.4) is 0 Å². The van der Waals surface area contributed by atoms with E-state index in [-0.39, 0.29) is 0 Å². The molecule has 1 atom stereocenters. The third kappa shape index (κ3) is 5.50. The van der Waals surface area contributed by atoms with Gasteiger partial charge in [-0.2, -0.15) is 0 Å². The summed E-state index contributed by atoms with van der Waals surface area (Å²) in [6.45, 7) is 3.23. The summed E-state index contributed by atoms with van der Waals surface area (Å²) in [6, 6.07) is 0.602. The van der Waals surface area contributed by atoms with Gasteiger partial charge in [0.25, 0.3) is 0 Å². The maximum atomic E-state index is 10.3. The second-order valence-corrected chi connectivity index (χ2v) is 4.99. The number of carboxylic acids is 1. The van der Waals surface area contributed by atoms with Crippen molar-refractivity contribution in [3.8, 4) is 0 Å². The van der Waals surface area contributed by atoms with Crippen LogP contribution in [0.1, 0.15) is 58.3 Å². The van der Waals surface area contributed by atoms with Crippen molar-refractivity contribution in [1.29, 1.82) is 0 Å². The Morgan fingerprint density at radius 3 is 2.62 bits per heavy atom. The van der Waals surface area contributed by atoms with E-state index in [1.807, 2.05) is 0 Å². The zero-order valence-corrected chi connectivity index (χ0v) is 10.4. The van der Waals surface area contributed by atoms with Gasteiger partial charge in [-0.05, 0) is 45.1 Å². The molecule has 0 aromatic heterocycles. The van der Waals surface area contributed by atoms with Crippen molar-refractivity contribution in [3.05, 3.63) is 0 Å². The Kier molecular flexibility index (Phi) is 6.46. The largest absolute Gasteiger partial charge is 0.481 e. The smallest absolute Gasteiger partial charge is 0.303 e. The molecule has 0 unspecified atom stereocenters. The average Bonchev–Trinajstić information content (AvgIpc) is 2.29. The summed E-state index contributed by atoms with van der Waals surface area (Å²) in [5.41, 5.74) is 0. The molecule has 1 fully saturated rings. The number of hydrogen-bond acceptors (Lipinski definition) is 2. The third-order valence-corrected chi connectivity index (χ3v) is 3.64. The molecule has 0 aliphatic heterocycles. The van der Waals surface area contributed by atoms with E-state index in [0.717, 1.165) is 25.3 Å². The van der Waals surface area contributed by atoms with Crippen molar-refractivity contribution in [2.75, 3.05) is 6.54 Å². The Balaban J connectivity index is 2.00. The predicted octanol–water partition coefficient (Wildman–Crippen LogP) is 2.80. The lowest BCUT2D eigenvalue weighted by Crippen LogP contribution is -2.35. The molecule has 94 valence electrons. The first kappa shape index (κ1) is 13.5. The molecular formula is C13H25NO2. The first-order valence-electron chi connectivity index (χ1n) is 6.65. The van der Waals surface area contributed by atoms with Gasteiger partial charge in [-0.25, -0.2) is 0 Å². The lowest BCUT2D eigenvalue weighted by molar-refractivity contribution is -0.137. The molecule has 16 heavy (non-hydrogen) atoms. The number of hydrogen-bond donors (Lipinski definition) is 2. The van der Waals surface area contributed by atoms with E-state index in [2.05, 4.69) is 12.2 Å². The van der Waals surface area contributed by atoms with Crippen LogP contribution < -0.4 is 5.32 Å². The highest BCUT2D eigenvalue weighted by Gasteiger charge is 2.18. The summed E-state index contributed by atoms with van der Waals surface area (Å²) in [5, 5.41) is 12.0. The zero-order valence-electron chi connectivity index (χ0n) is 10.4. The van der Waals surface area contributed by atoms with E-state index >= 15 is 0 Å². The zero-order chi connectivity index (χ0) is 11.8. The molecule has 1 rings (SSSR count). The molecule has 2 N–H and O–H groups in total. The van der Waals surface area contributed by atoms with Gasteiger partial charge in [-0.1, -0.05) is 19.3 Å². The van der Waals surface area contributed by atoms with E-state index < -0.39 is 5.97 Å². The van der Waals surface area contributed by atoms with Crippen LogP contribution in [0.25, 0.3) is 0 Å². The maximum Gasteiger partial charge on any atom is 0.303 e. The maximum absolute atomic E-state index is 10.3. The minimum absolute atomic E-state index is 0.305. The van der Waals surface area contributed by atoms with E-state index in [4.69, 9.17) is 5.11 Å². The molecule has 0 bridgehead atoms. The van der Waals surface area contributed by atoms with Gasteiger partial charge < -0.3 is 10.4 Å². The highest BCUT2D eigenvalue weighted by Crippen LogP contribution is 2.26. The van der Waals surface area contributed by atoms with Crippen LogP contribution in [-0.2, 0) is 4.79 Å². The molecule has 0 saturated heterocycles. The van der Waals surface area contributed by atoms with Gasteiger partial charge in [0.1, 0.15) is 0 Å². The molecule has 0 spiro atoms. The van der Waals surface area contributed by atoms with Crippen LogP contribution in [0.4, 0.5) is 0 Å². The van der Waals surface area contributed by atoms with Crippen LogP contribution in [0.2, 0.25) is 0 Å². The van der Waals surface area contributed by atoms with Crippen LogP contribution in [0.5, 0.6) is 0 Å². The second-order valence-electron chi connectivity index (χ2n) is 4.99. The Bertz CT molecular complexity index is 200. The fraction of sp³-hybridized carbons (Fsp3) is 0.923. The minimum atomic E-state index is -0.680. The van der Waals surface area contributed by atoms with Gasteiger partial charge in [-0.3, -0.25) is 4.79 Å². The normalized spacial score (nSPS) is 19.6. The monoisotopic (exact) mass is 227 g/mol. The van der Waals surface area contributed by atoms with Gasteiger partial charge in [0.15, 0.2) is 0 Å². The molecule has 3 nitrogen and oxygen atoms in total. The fourth-order valence-corrected chi connectivity index (χ4v) is 2.53. The van der Waals surface area contributed by atoms with Gasteiger partial charge in [-0.15, -0.1) is 0 Å². The van der Waals surface area contributed by atoms with E-state index in [9.17, 15) is 4.79 Å². The number of nitrogens with one attached hydrogen (secondary N) is 1. The molecule has 1 saturated carbocycles. The molecule has 1 aliphatic carbocycles. The van der Waals surface area contributed by atoms with Crippen molar-refractivity contribution in [2.45, 2.75) is 64.3 Å². The quantitative estimate of drug-likeness (QED) is 0.657. The van der Waals surface area contributed by atoms with E-state index in [1.54, 1.807) is 0 Å². The number of rotatable bonds is 7. The van der Waals surface area contributed by atoms with Crippen molar-refractivity contribution in [3.63, 3.8) is 0 Å². The van der Waals surface area contributed by atoms with Crippen LogP contribution >= 0.6 is 0 Å². The van der Waals surface area contributed by atoms with Gasteiger partial charge in [0.05, 0.1) is 0 Å². The Morgan fingerprint density at radius 1 is 1.31 bits per heavy atom.